The van der Waals surface area contributed by atoms with Crippen molar-refractivity contribution in [3.63, 3.8) is 0 Å². The van der Waals surface area contributed by atoms with Crippen LogP contribution >= 0.6 is 11.8 Å². The number of carbonyl (C=O) groups is 1. The minimum atomic E-state index is -0.559. The van der Waals surface area contributed by atoms with E-state index >= 15 is 0 Å². The molecule has 1 heterocycles. The number of rotatable bonds is 4. The highest BCUT2D eigenvalue weighted by Gasteiger charge is 2.18. The van der Waals surface area contributed by atoms with E-state index in [9.17, 15) is 4.79 Å². The van der Waals surface area contributed by atoms with Crippen molar-refractivity contribution in [2.45, 2.75) is 18.5 Å². The van der Waals surface area contributed by atoms with Crippen LogP contribution < -0.4 is 10.5 Å². The van der Waals surface area contributed by atoms with Crippen molar-refractivity contribution in [1.29, 1.82) is 0 Å². The number of hydrogen-bond donors (Lipinski definition) is 1. The van der Waals surface area contributed by atoms with Gasteiger partial charge >= 0.3 is 0 Å². The maximum Gasteiger partial charge on any atom is 0.256 e. The summed E-state index contributed by atoms with van der Waals surface area (Å²) in [5, 5.41) is 0.578. The van der Waals surface area contributed by atoms with Crippen LogP contribution in [0.4, 0.5) is 0 Å². The van der Waals surface area contributed by atoms with E-state index in [1.165, 1.54) is 18.9 Å². The van der Waals surface area contributed by atoms with Crippen LogP contribution in [0.5, 0.6) is 5.88 Å². The SMILES string of the molecule is CCc1nc(SC)nc(OC)c1C(N)=O. The molecule has 0 aromatic carbocycles. The first-order valence-corrected chi connectivity index (χ1v) is 5.65. The molecule has 15 heavy (non-hydrogen) atoms. The number of thioether (sulfide) groups is 1. The smallest absolute Gasteiger partial charge is 0.256 e. The van der Waals surface area contributed by atoms with E-state index in [2.05, 4.69) is 9.97 Å². The summed E-state index contributed by atoms with van der Waals surface area (Å²) in [6, 6.07) is 0. The molecular weight excluding hydrogens is 214 g/mol. The monoisotopic (exact) mass is 227 g/mol. The third kappa shape index (κ3) is 2.38. The molecule has 1 amide bonds. The molecule has 5 nitrogen and oxygen atoms in total. The Labute approximate surface area is 92.4 Å². The van der Waals surface area contributed by atoms with Gasteiger partial charge in [-0.3, -0.25) is 4.79 Å². The lowest BCUT2D eigenvalue weighted by Crippen LogP contribution is -2.17. The molecule has 0 saturated heterocycles. The van der Waals surface area contributed by atoms with Crippen molar-refractivity contribution in [3.8, 4) is 5.88 Å². The Kier molecular flexibility index (Phi) is 3.90. The van der Waals surface area contributed by atoms with E-state index in [4.69, 9.17) is 10.5 Å². The first-order valence-electron chi connectivity index (χ1n) is 4.42. The molecule has 82 valence electrons. The van der Waals surface area contributed by atoms with Crippen molar-refractivity contribution >= 4 is 17.7 Å². The summed E-state index contributed by atoms with van der Waals surface area (Å²) in [5.74, 6) is -0.310. The predicted molar refractivity (Wildman–Crippen MR) is 58.3 cm³/mol. The summed E-state index contributed by atoms with van der Waals surface area (Å²) in [4.78, 5) is 19.5. The first-order chi connectivity index (χ1) is 7.13. The lowest BCUT2D eigenvalue weighted by molar-refractivity contribution is 0.0995. The standard InChI is InChI=1S/C9H13N3O2S/c1-4-5-6(7(10)13)8(14-2)12-9(11-5)15-3/h4H2,1-3H3,(H2,10,13). The molecule has 0 atom stereocenters. The van der Waals surface area contributed by atoms with Crippen LogP contribution in [0.3, 0.4) is 0 Å². The van der Waals surface area contributed by atoms with E-state index in [-0.39, 0.29) is 11.4 Å². The molecule has 1 rings (SSSR count). The molecule has 0 unspecified atom stereocenters. The second-order valence-corrected chi connectivity index (χ2v) is 3.53. The lowest BCUT2D eigenvalue weighted by Gasteiger charge is -2.09. The summed E-state index contributed by atoms with van der Waals surface area (Å²) in [5.41, 5.74) is 6.15. The molecule has 1 aromatic rings. The number of aromatic nitrogens is 2. The third-order valence-corrected chi connectivity index (χ3v) is 2.44. The van der Waals surface area contributed by atoms with Gasteiger partial charge in [0.2, 0.25) is 5.88 Å². The maximum absolute atomic E-state index is 11.2. The van der Waals surface area contributed by atoms with E-state index in [0.717, 1.165) is 0 Å². The minimum Gasteiger partial charge on any atom is -0.480 e. The highest BCUT2D eigenvalue weighted by molar-refractivity contribution is 7.98. The molecule has 0 fully saturated rings. The number of nitrogens with zero attached hydrogens (tertiary/aromatic N) is 2. The van der Waals surface area contributed by atoms with Crippen LogP contribution in [0.1, 0.15) is 23.0 Å². The first kappa shape index (κ1) is 11.8. The van der Waals surface area contributed by atoms with Gasteiger partial charge in [0.25, 0.3) is 5.91 Å². The van der Waals surface area contributed by atoms with Gasteiger partial charge in [0.05, 0.1) is 12.8 Å². The number of primary amides is 1. The van der Waals surface area contributed by atoms with Gasteiger partial charge in [0.1, 0.15) is 5.56 Å². The summed E-state index contributed by atoms with van der Waals surface area (Å²) in [6.07, 6.45) is 2.48. The van der Waals surface area contributed by atoms with E-state index < -0.39 is 5.91 Å². The van der Waals surface area contributed by atoms with Gasteiger partial charge in [0, 0.05) is 0 Å². The van der Waals surface area contributed by atoms with Crippen molar-refractivity contribution in [1.82, 2.24) is 9.97 Å². The van der Waals surface area contributed by atoms with Gasteiger partial charge in [-0.2, -0.15) is 4.98 Å². The number of amides is 1. The Balaban J connectivity index is 3.39. The van der Waals surface area contributed by atoms with Gasteiger partial charge in [-0.1, -0.05) is 18.7 Å². The molecule has 0 aliphatic rings. The number of aryl methyl sites for hydroxylation is 1. The zero-order chi connectivity index (χ0) is 11.4. The van der Waals surface area contributed by atoms with Crippen molar-refractivity contribution in [3.05, 3.63) is 11.3 Å². The van der Waals surface area contributed by atoms with E-state index in [1.54, 1.807) is 0 Å². The minimum absolute atomic E-state index is 0.249. The number of nitrogens with two attached hydrogens (primary N) is 1. The number of methoxy groups -OCH3 is 1. The zero-order valence-electron chi connectivity index (χ0n) is 8.90. The third-order valence-electron chi connectivity index (χ3n) is 1.89. The van der Waals surface area contributed by atoms with Gasteiger partial charge in [-0.15, -0.1) is 0 Å². The Morgan fingerprint density at radius 2 is 2.20 bits per heavy atom. The fourth-order valence-electron chi connectivity index (χ4n) is 1.20. The van der Waals surface area contributed by atoms with Crippen LogP contribution in [0, 0.1) is 0 Å². The summed E-state index contributed by atoms with van der Waals surface area (Å²) in [7, 11) is 1.46. The number of carbonyl (C=O) groups excluding carboxylic acids is 1. The molecule has 0 aliphatic heterocycles. The van der Waals surface area contributed by atoms with Crippen molar-refractivity contribution in [2.24, 2.45) is 5.73 Å². The van der Waals surface area contributed by atoms with Gasteiger partial charge < -0.3 is 10.5 Å². The van der Waals surface area contributed by atoms with Crippen molar-refractivity contribution in [2.75, 3.05) is 13.4 Å². The molecule has 0 spiro atoms. The van der Waals surface area contributed by atoms with Gasteiger partial charge in [0.15, 0.2) is 5.16 Å². The number of hydrogen-bond acceptors (Lipinski definition) is 5. The summed E-state index contributed by atoms with van der Waals surface area (Å²) >= 11 is 1.39. The average molecular weight is 227 g/mol. The maximum atomic E-state index is 11.2. The molecule has 1 aromatic heterocycles. The van der Waals surface area contributed by atoms with E-state index in [1.807, 2.05) is 13.2 Å². The van der Waals surface area contributed by atoms with Crippen LogP contribution in [0.25, 0.3) is 0 Å². The fourth-order valence-corrected chi connectivity index (χ4v) is 1.58. The molecule has 0 radical (unpaired) electrons. The average Bonchev–Trinajstić information content (AvgIpc) is 2.26. The van der Waals surface area contributed by atoms with Crippen molar-refractivity contribution < 1.29 is 9.53 Å². The number of ether oxygens (including phenoxy) is 1. The summed E-state index contributed by atoms with van der Waals surface area (Å²) in [6.45, 7) is 1.90. The van der Waals surface area contributed by atoms with Crippen LogP contribution in [-0.4, -0.2) is 29.2 Å². The van der Waals surface area contributed by atoms with Crippen LogP contribution in [0.15, 0.2) is 5.16 Å². The molecule has 6 heteroatoms. The Hall–Kier alpha value is -1.30. The quantitative estimate of drug-likeness (QED) is 0.610. The second-order valence-electron chi connectivity index (χ2n) is 2.76. The summed E-state index contributed by atoms with van der Waals surface area (Å²) < 4.78 is 5.03. The highest BCUT2D eigenvalue weighted by Crippen LogP contribution is 2.22. The molecule has 2 N–H and O–H groups in total. The fraction of sp³-hybridized carbons (Fsp3) is 0.444. The normalized spacial score (nSPS) is 10.1. The van der Waals surface area contributed by atoms with Crippen LogP contribution in [0.2, 0.25) is 0 Å². The van der Waals surface area contributed by atoms with Gasteiger partial charge in [-0.25, -0.2) is 4.98 Å². The second kappa shape index (κ2) is 4.97. The lowest BCUT2D eigenvalue weighted by atomic mass is 10.2. The molecule has 0 bridgehead atoms. The Bertz CT molecular complexity index is 357. The Morgan fingerprint density at radius 1 is 1.53 bits per heavy atom. The molecule has 0 aliphatic carbocycles. The predicted octanol–water partition coefficient (Wildman–Crippen LogP) is 0.868. The topological polar surface area (TPSA) is 78.1 Å². The molecular formula is C9H13N3O2S. The Morgan fingerprint density at radius 3 is 2.60 bits per heavy atom. The highest BCUT2D eigenvalue weighted by atomic mass is 32.2. The van der Waals surface area contributed by atoms with E-state index in [0.29, 0.717) is 17.3 Å². The molecule has 0 saturated carbocycles. The van der Waals surface area contributed by atoms with Gasteiger partial charge in [-0.05, 0) is 12.7 Å². The zero-order valence-corrected chi connectivity index (χ0v) is 9.72. The largest absolute Gasteiger partial charge is 0.480 e. The van der Waals surface area contributed by atoms with Crippen LogP contribution in [-0.2, 0) is 6.42 Å².